The highest BCUT2D eigenvalue weighted by atomic mass is 16.5. The van der Waals surface area contributed by atoms with Gasteiger partial charge >= 0.3 is 0 Å². The fraction of sp³-hybridized carbons (Fsp3) is 0.471. The van der Waals surface area contributed by atoms with Crippen molar-refractivity contribution in [1.29, 1.82) is 5.26 Å². The van der Waals surface area contributed by atoms with Gasteiger partial charge in [-0.15, -0.1) is 0 Å². The van der Waals surface area contributed by atoms with Crippen LogP contribution in [0.5, 0.6) is 0 Å². The van der Waals surface area contributed by atoms with Crippen molar-refractivity contribution in [2.45, 2.75) is 26.4 Å². The van der Waals surface area contributed by atoms with E-state index in [1.54, 1.807) is 0 Å². The van der Waals surface area contributed by atoms with E-state index in [0.717, 1.165) is 11.1 Å². The summed E-state index contributed by atoms with van der Waals surface area (Å²) >= 11 is 0. The first-order valence-electron chi connectivity index (χ1n) is 8.03. The van der Waals surface area contributed by atoms with E-state index in [9.17, 15) is 4.79 Å². The fourth-order valence-electron chi connectivity index (χ4n) is 3.06. The number of morpholine rings is 1. The zero-order valence-electron chi connectivity index (χ0n) is 14.0. The number of fused-ring (bicyclic) bond motifs is 1. The summed E-state index contributed by atoms with van der Waals surface area (Å²) < 4.78 is 6.82. The molecule has 126 valence electrons. The average Bonchev–Trinajstić information content (AvgIpc) is 2.58. The summed E-state index contributed by atoms with van der Waals surface area (Å²) in [6, 6.07) is 5.61. The quantitative estimate of drug-likeness (QED) is 0.906. The van der Waals surface area contributed by atoms with Crippen LogP contribution in [-0.4, -0.2) is 35.9 Å². The average molecular weight is 327 g/mol. The third-order valence-electron chi connectivity index (χ3n) is 4.23. The van der Waals surface area contributed by atoms with Crippen molar-refractivity contribution >= 4 is 16.9 Å². The molecule has 7 heteroatoms. The summed E-state index contributed by atoms with van der Waals surface area (Å²) in [5.41, 5.74) is 8.31. The van der Waals surface area contributed by atoms with Crippen LogP contribution in [0.3, 0.4) is 0 Å². The van der Waals surface area contributed by atoms with Gasteiger partial charge in [-0.3, -0.25) is 9.36 Å². The van der Waals surface area contributed by atoms with Crippen molar-refractivity contribution in [3.8, 4) is 6.07 Å². The fourth-order valence-corrected chi connectivity index (χ4v) is 3.06. The highest BCUT2D eigenvalue weighted by molar-refractivity contribution is 5.83. The lowest BCUT2D eigenvalue weighted by Gasteiger charge is -2.29. The number of benzene rings is 1. The van der Waals surface area contributed by atoms with Crippen LogP contribution in [0.2, 0.25) is 0 Å². The normalized spacial score (nSPS) is 16.2. The van der Waals surface area contributed by atoms with Gasteiger partial charge in [0.05, 0.1) is 30.2 Å². The molecule has 3 rings (SSSR count). The topological polar surface area (TPSA) is 97.2 Å². The Labute approximate surface area is 140 Å². The largest absolute Gasteiger partial charge is 0.378 e. The van der Waals surface area contributed by atoms with Gasteiger partial charge in [-0.25, -0.2) is 4.98 Å². The molecule has 1 aromatic carbocycles. The predicted octanol–water partition coefficient (Wildman–Crippen LogP) is 1.08. The van der Waals surface area contributed by atoms with Crippen molar-refractivity contribution in [2.75, 3.05) is 31.2 Å². The van der Waals surface area contributed by atoms with E-state index in [1.807, 2.05) is 30.9 Å². The molecule has 1 aliphatic rings. The zero-order chi connectivity index (χ0) is 17.3. The minimum Gasteiger partial charge on any atom is -0.378 e. The monoisotopic (exact) mass is 327 g/mol. The highest BCUT2D eigenvalue weighted by Crippen LogP contribution is 2.24. The van der Waals surface area contributed by atoms with Crippen LogP contribution < -0.4 is 16.2 Å². The molecular formula is C17H21N5O2. The van der Waals surface area contributed by atoms with Crippen LogP contribution in [0.25, 0.3) is 10.9 Å². The maximum absolute atomic E-state index is 13.0. The number of aromatic nitrogens is 2. The Kier molecular flexibility index (Phi) is 4.51. The minimum atomic E-state index is -0.233. The van der Waals surface area contributed by atoms with Gasteiger partial charge in [0.2, 0.25) is 5.95 Å². The van der Waals surface area contributed by atoms with Crippen molar-refractivity contribution < 1.29 is 4.74 Å². The third kappa shape index (κ3) is 2.86. The first kappa shape index (κ1) is 16.4. The van der Waals surface area contributed by atoms with Gasteiger partial charge in [0, 0.05) is 19.1 Å². The Bertz CT molecular complexity index is 860. The van der Waals surface area contributed by atoms with Crippen molar-refractivity contribution in [3.05, 3.63) is 33.6 Å². The van der Waals surface area contributed by atoms with Crippen LogP contribution in [0.15, 0.2) is 16.9 Å². The Morgan fingerprint density at radius 2 is 2.12 bits per heavy atom. The molecule has 0 spiro atoms. The SMILES string of the molecule is Cc1cc(C(C)N)c2nc(N3CCOCC3)n(CC#N)c(=O)c2c1. The van der Waals surface area contributed by atoms with Crippen LogP contribution >= 0.6 is 0 Å². The molecule has 0 bridgehead atoms. The molecule has 0 saturated carbocycles. The smallest absolute Gasteiger partial charge is 0.263 e. The molecule has 1 aromatic heterocycles. The molecule has 2 aromatic rings. The summed E-state index contributed by atoms with van der Waals surface area (Å²) in [7, 11) is 0. The lowest BCUT2D eigenvalue weighted by molar-refractivity contribution is 0.121. The highest BCUT2D eigenvalue weighted by Gasteiger charge is 2.21. The van der Waals surface area contributed by atoms with Gasteiger partial charge in [0.15, 0.2) is 0 Å². The van der Waals surface area contributed by atoms with Crippen molar-refractivity contribution in [3.63, 3.8) is 0 Å². The van der Waals surface area contributed by atoms with Gasteiger partial charge in [0.1, 0.15) is 6.54 Å². The summed E-state index contributed by atoms with van der Waals surface area (Å²) in [6.07, 6.45) is 0. The first-order chi connectivity index (χ1) is 11.5. The van der Waals surface area contributed by atoms with E-state index in [2.05, 4.69) is 6.07 Å². The lowest BCUT2D eigenvalue weighted by Crippen LogP contribution is -2.40. The van der Waals surface area contributed by atoms with Gasteiger partial charge < -0.3 is 15.4 Å². The Morgan fingerprint density at radius 1 is 1.42 bits per heavy atom. The number of ether oxygens (including phenoxy) is 1. The molecule has 7 nitrogen and oxygen atoms in total. The Balaban J connectivity index is 2.31. The van der Waals surface area contributed by atoms with E-state index in [0.29, 0.717) is 43.2 Å². The lowest BCUT2D eigenvalue weighted by atomic mass is 10.0. The van der Waals surface area contributed by atoms with Gasteiger partial charge in [0.25, 0.3) is 5.56 Å². The Hall–Kier alpha value is -2.43. The molecule has 0 radical (unpaired) electrons. The van der Waals surface area contributed by atoms with Crippen molar-refractivity contribution in [1.82, 2.24) is 9.55 Å². The van der Waals surface area contributed by atoms with E-state index in [1.165, 1.54) is 4.57 Å². The molecule has 1 atom stereocenters. The summed E-state index contributed by atoms with van der Waals surface area (Å²) in [4.78, 5) is 19.7. The molecule has 1 fully saturated rings. The van der Waals surface area contributed by atoms with Crippen LogP contribution in [0.1, 0.15) is 24.1 Å². The van der Waals surface area contributed by atoms with E-state index in [-0.39, 0.29) is 18.1 Å². The molecule has 2 heterocycles. The van der Waals surface area contributed by atoms with Crippen LogP contribution in [-0.2, 0) is 11.3 Å². The molecular weight excluding hydrogens is 306 g/mol. The number of hydrogen-bond acceptors (Lipinski definition) is 6. The molecule has 1 unspecified atom stereocenters. The maximum Gasteiger partial charge on any atom is 0.263 e. The van der Waals surface area contributed by atoms with Crippen molar-refractivity contribution in [2.24, 2.45) is 5.73 Å². The predicted molar refractivity (Wildman–Crippen MR) is 92.0 cm³/mol. The summed E-state index contributed by atoms with van der Waals surface area (Å²) in [5, 5.41) is 9.64. The number of nitrogens with zero attached hydrogens (tertiary/aromatic N) is 4. The van der Waals surface area contributed by atoms with Gasteiger partial charge in [-0.05, 0) is 31.0 Å². The molecule has 2 N–H and O–H groups in total. The van der Waals surface area contributed by atoms with Crippen LogP contribution in [0.4, 0.5) is 5.95 Å². The van der Waals surface area contributed by atoms with Crippen LogP contribution in [0, 0.1) is 18.3 Å². The maximum atomic E-state index is 13.0. The van der Waals surface area contributed by atoms with Gasteiger partial charge in [-0.1, -0.05) is 6.07 Å². The molecule has 24 heavy (non-hydrogen) atoms. The summed E-state index contributed by atoms with van der Waals surface area (Å²) in [6.45, 7) is 6.21. The van der Waals surface area contributed by atoms with E-state index in [4.69, 9.17) is 20.7 Å². The second kappa shape index (κ2) is 6.59. The standard InChI is InChI=1S/C17H21N5O2/c1-11-9-13(12(2)19)15-14(10-11)16(23)22(4-3-18)17(20-15)21-5-7-24-8-6-21/h9-10,12H,4-8,19H2,1-2H3. The first-order valence-corrected chi connectivity index (χ1v) is 8.03. The molecule has 0 aliphatic carbocycles. The molecule has 0 amide bonds. The minimum absolute atomic E-state index is 0.0318. The molecule has 1 saturated heterocycles. The number of nitrogens with two attached hydrogens (primary N) is 1. The zero-order valence-corrected chi connectivity index (χ0v) is 14.0. The number of hydrogen-bond donors (Lipinski definition) is 1. The number of aryl methyl sites for hydroxylation is 1. The number of rotatable bonds is 3. The second-order valence-electron chi connectivity index (χ2n) is 6.10. The van der Waals surface area contributed by atoms with Gasteiger partial charge in [-0.2, -0.15) is 5.26 Å². The third-order valence-corrected chi connectivity index (χ3v) is 4.23. The number of nitriles is 1. The number of anilines is 1. The summed E-state index contributed by atoms with van der Waals surface area (Å²) in [5.74, 6) is 0.517. The Morgan fingerprint density at radius 3 is 2.75 bits per heavy atom. The molecule has 1 aliphatic heterocycles. The second-order valence-corrected chi connectivity index (χ2v) is 6.10. The van der Waals surface area contributed by atoms with E-state index >= 15 is 0 Å². The van der Waals surface area contributed by atoms with E-state index < -0.39 is 0 Å².